The average Bonchev–Trinajstić information content (AvgIpc) is 3.18. The van der Waals surface area contributed by atoms with Crippen LogP contribution in [0.25, 0.3) is 0 Å². The van der Waals surface area contributed by atoms with Gasteiger partial charge in [0.15, 0.2) is 11.6 Å². The standard InChI is InChI=1S/C21H21F2NO3/c22-18-7-6-15(11-19(18)23)27-16-9-14-12-24(21(25)26)20(17(14)10-16)8-13-4-2-1-3-5-13/h1-7,11,14,16-17,20H,8-10,12H2,(H,25,26)/t14-,16-,17-,20?/m0/s1. The number of halogens is 2. The van der Waals surface area contributed by atoms with Crippen molar-refractivity contribution in [2.24, 2.45) is 11.8 Å². The lowest BCUT2D eigenvalue weighted by atomic mass is 9.90. The summed E-state index contributed by atoms with van der Waals surface area (Å²) in [6.07, 6.45) is 1.11. The summed E-state index contributed by atoms with van der Waals surface area (Å²) < 4.78 is 32.4. The number of hydrogen-bond donors (Lipinski definition) is 1. The van der Waals surface area contributed by atoms with E-state index in [1.54, 1.807) is 4.90 Å². The fourth-order valence-corrected chi connectivity index (χ4v) is 4.58. The Morgan fingerprint density at radius 2 is 1.89 bits per heavy atom. The fraction of sp³-hybridized carbons (Fsp3) is 0.381. The van der Waals surface area contributed by atoms with Crippen molar-refractivity contribution in [1.82, 2.24) is 4.90 Å². The molecular formula is C21H21F2NO3. The highest BCUT2D eigenvalue weighted by Gasteiger charge is 2.49. The summed E-state index contributed by atoms with van der Waals surface area (Å²) in [5.41, 5.74) is 1.11. The third kappa shape index (κ3) is 3.61. The molecule has 0 spiro atoms. The molecular weight excluding hydrogens is 352 g/mol. The van der Waals surface area contributed by atoms with Gasteiger partial charge in [-0.25, -0.2) is 13.6 Å². The molecule has 1 N–H and O–H groups in total. The zero-order chi connectivity index (χ0) is 19.0. The van der Waals surface area contributed by atoms with Gasteiger partial charge in [-0.3, -0.25) is 0 Å². The van der Waals surface area contributed by atoms with Crippen LogP contribution in [0.4, 0.5) is 13.6 Å². The van der Waals surface area contributed by atoms with Crippen molar-refractivity contribution in [1.29, 1.82) is 0 Å². The summed E-state index contributed by atoms with van der Waals surface area (Å²) >= 11 is 0. The van der Waals surface area contributed by atoms with Crippen LogP contribution < -0.4 is 4.74 Å². The number of hydrogen-bond acceptors (Lipinski definition) is 2. The first-order valence-corrected chi connectivity index (χ1v) is 9.16. The first-order valence-electron chi connectivity index (χ1n) is 9.16. The molecule has 1 unspecified atom stereocenters. The van der Waals surface area contributed by atoms with Gasteiger partial charge in [-0.05, 0) is 48.8 Å². The summed E-state index contributed by atoms with van der Waals surface area (Å²) in [5.74, 6) is -1.08. The number of carboxylic acid groups (broad SMARTS) is 1. The maximum absolute atomic E-state index is 13.4. The second-order valence-electron chi connectivity index (χ2n) is 7.40. The van der Waals surface area contributed by atoms with E-state index >= 15 is 0 Å². The minimum Gasteiger partial charge on any atom is -0.490 e. The molecule has 1 aliphatic carbocycles. The van der Waals surface area contributed by atoms with Crippen molar-refractivity contribution in [2.75, 3.05) is 6.54 Å². The molecule has 1 amide bonds. The lowest BCUT2D eigenvalue weighted by molar-refractivity contribution is 0.123. The van der Waals surface area contributed by atoms with E-state index in [0.29, 0.717) is 25.1 Å². The molecule has 142 valence electrons. The van der Waals surface area contributed by atoms with Crippen molar-refractivity contribution in [3.05, 3.63) is 65.7 Å². The number of carbonyl (C=O) groups is 1. The van der Waals surface area contributed by atoms with E-state index in [9.17, 15) is 18.7 Å². The van der Waals surface area contributed by atoms with Gasteiger partial charge in [-0.15, -0.1) is 0 Å². The van der Waals surface area contributed by atoms with Crippen LogP contribution in [0.3, 0.4) is 0 Å². The molecule has 1 heterocycles. The molecule has 2 fully saturated rings. The van der Waals surface area contributed by atoms with Gasteiger partial charge in [0.25, 0.3) is 0 Å². The van der Waals surface area contributed by atoms with Crippen LogP contribution in [0.2, 0.25) is 0 Å². The molecule has 27 heavy (non-hydrogen) atoms. The Morgan fingerprint density at radius 3 is 2.59 bits per heavy atom. The molecule has 1 saturated carbocycles. The molecule has 0 aromatic heterocycles. The Balaban J connectivity index is 1.47. The third-order valence-electron chi connectivity index (χ3n) is 5.76. The average molecular weight is 373 g/mol. The molecule has 2 aromatic carbocycles. The zero-order valence-electron chi connectivity index (χ0n) is 14.7. The Bertz CT molecular complexity index is 829. The van der Waals surface area contributed by atoms with Crippen molar-refractivity contribution in [2.45, 2.75) is 31.4 Å². The smallest absolute Gasteiger partial charge is 0.407 e. The number of fused-ring (bicyclic) bond motifs is 1. The molecule has 4 atom stereocenters. The number of amides is 1. The number of rotatable bonds is 4. The van der Waals surface area contributed by atoms with Gasteiger partial charge in [0, 0.05) is 18.7 Å². The van der Waals surface area contributed by atoms with E-state index in [-0.39, 0.29) is 24.0 Å². The van der Waals surface area contributed by atoms with Crippen molar-refractivity contribution in [3.63, 3.8) is 0 Å². The largest absolute Gasteiger partial charge is 0.490 e. The normalized spacial score (nSPS) is 26.8. The van der Waals surface area contributed by atoms with E-state index in [0.717, 1.165) is 24.1 Å². The lowest BCUT2D eigenvalue weighted by Crippen LogP contribution is -2.39. The van der Waals surface area contributed by atoms with Gasteiger partial charge in [0.2, 0.25) is 0 Å². The fourth-order valence-electron chi connectivity index (χ4n) is 4.58. The van der Waals surface area contributed by atoms with Gasteiger partial charge >= 0.3 is 6.09 Å². The molecule has 6 heteroatoms. The summed E-state index contributed by atoms with van der Waals surface area (Å²) in [5, 5.41) is 9.59. The monoisotopic (exact) mass is 373 g/mol. The van der Waals surface area contributed by atoms with E-state index in [4.69, 9.17) is 4.74 Å². The van der Waals surface area contributed by atoms with Crippen LogP contribution in [0.15, 0.2) is 48.5 Å². The summed E-state index contributed by atoms with van der Waals surface area (Å²) in [4.78, 5) is 13.2. The maximum Gasteiger partial charge on any atom is 0.407 e. The molecule has 0 bridgehead atoms. The number of nitrogens with zero attached hydrogens (tertiary/aromatic N) is 1. The van der Waals surface area contributed by atoms with Crippen LogP contribution in [0.1, 0.15) is 18.4 Å². The predicted octanol–water partition coefficient (Wildman–Crippen LogP) is 4.34. The highest BCUT2D eigenvalue weighted by molar-refractivity contribution is 5.66. The Morgan fingerprint density at radius 1 is 1.11 bits per heavy atom. The zero-order valence-corrected chi connectivity index (χ0v) is 14.7. The Kier molecular flexibility index (Phi) is 4.72. The van der Waals surface area contributed by atoms with Gasteiger partial charge in [-0.1, -0.05) is 30.3 Å². The van der Waals surface area contributed by atoms with Gasteiger partial charge in [0.05, 0.1) is 6.10 Å². The van der Waals surface area contributed by atoms with Gasteiger partial charge in [-0.2, -0.15) is 0 Å². The van der Waals surface area contributed by atoms with Gasteiger partial charge < -0.3 is 14.7 Å². The topological polar surface area (TPSA) is 49.8 Å². The Hall–Kier alpha value is -2.63. The predicted molar refractivity (Wildman–Crippen MR) is 95.7 cm³/mol. The molecule has 1 saturated heterocycles. The summed E-state index contributed by atoms with van der Waals surface area (Å²) in [6.45, 7) is 0.495. The van der Waals surface area contributed by atoms with Crippen LogP contribution in [-0.2, 0) is 6.42 Å². The third-order valence-corrected chi connectivity index (χ3v) is 5.76. The van der Waals surface area contributed by atoms with E-state index in [1.165, 1.54) is 6.07 Å². The molecule has 4 rings (SSSR count). The van der Waals surface area contributed by atoms with Crippen molar-refractivity contribution in [3.8, 4) is 5.75 Å². The molecule has 0 radical (unpaired) electrons. The second kappa shape index (κ2) is 7.18. The second-order valence-corrected chi connectivity index (χ2v) is 7.40. The van der Waals surface area contributed by atoms with E-state index in [2.05, 4.69) is 0 Å². The lowest BCUT2D eigenvalue weighted by Gasteiger charge is -2.27. The quantitative estimate of drug-likeness (QED) is 0.867. The molecule has 2 aliphatic rings. The van der Waals surface area contributed by atoms with E-state index in [1.807, 2.05) is 30.3 Å². The first kappa shape index (κ1) is 17.8. The van der Waals surface area contributed by atoms with Crippen molar-refractivity contribution < 1.29 is 23.4 Å². The summed E-state index contributed by atoms with van der Waals surface area (Å²) in [6, 6.07) is 13.3. The van der Waals surface area contributed by atoms with Crippen LogP contribution in [0, 0.1) is 23.5 Å². The molecule has 2 aromatic rings. The highest BCUT2D eigenvalue weighted by Crippen LogP contribution is 2.44. The van der Waals surface area contributed by atoms with Crippen LogP contribution in [-0.4, -0.2) is 34.8 Å². The number of benzene rings is 2. The van der Waals surface area contributed by atoms with E-state index < -0.39 is 17.7 Å². The highest BCUT2D eigenvalue weighted by atomic mass is 19.2. The summed E-state index contributed by atoms with van der Waals surface area (Å²) in [7, 11) is 0. The van der Waals surface area contributed by atoms with Crippen LogP contribution in [0.5, 0.6) is 5.75 Å². The SMILES string of the molecule is O=C(O)N1C[C@@H]2C[C@H](Oc3ccc(F)c(F)c3)C[C@@H]2C1Cc1ccccc1. The first-order chi connectivity index (χ1) is 13.0. The van der Waals surface area contributed by atoms with Crippen LogP contribution >= 0.6 is 0 Å². The minimum absolute atomic E-state index is 0.0894. The number of ether oxygens (including phenoxy) is 1. The minimum atomic E-state index is -0.926. The number of likely N-dealkylation sites (tertiary alicyclic amines) is 1. The molecule has 4 nitrogen and oxygen atoms in total. The molecule has 1 aliphatic heterocycles. The van der Waals surface area contributed by atoms with Crippen molar-refractivity contribution >= 4 is 6.09 Å². The van der Waals surface area contributed by atoms with Gasteiger partial charge in [0.1, 0.15) is 5.75 Å². The Labute approximate surface area is 156 Å². The maximum atomic E-state index is 13.4.